The molecule has 0 aromatic carbocycles. The van der Waals surface area contributed by atoms with Gasteiger partial charge in [-0.25, -0.2) is 4.98 Å². The average molecular weight is 282 g/mol. The molecule has 106 valence electrons. The van der Waals surface area contributed by atoms with Gasteiger partial charge in [-0.2, -0.15) is 0 Å². The van der Waals surface area contributed by atoms with Gasteiger partial charge in [0.2, 0.25) is 0 Å². The van der Waals surface area contributed by atoms with Crippen molar-refractivity contribution in [2.45, 2.75) is 39.0 Å². The number of nitrogens with zero attached hydrogens (tertiary/aromatic N) is 1. The van der Waals surface area contributed by atoms with Crippen molar-refractivity contribution in [2.75, 3.05) is 19.0 Å². The van der Waals surface area contributed by atoms with E-state index in [0.717, 1.165) is 29.2 Å². The van der Waals surface area contributed by atoms with Crippen LogP contribution in [0.5, 0.6) is 0 Å². The minimum Gasteiger partial charge on any atom is -0.469 e. The molecule has 1 aromatic rings. The lowest BCUT2D eigenvalue weighted by Crippen LogP contribution is -2.24. The Balaban J connectivity index is 1.81. The van der Waals surface area contributed by atoms with Crippen LogP contribution in [0.25, 0.3) is 0 Å². The zero-order valence-corrected chi connectivity index (χ0v) is 12.5. The first-order valence-electron chi connectivity index (χ1n) is 6.94. The van der Waals surface area contributed by atoms with E-state index in [1.54, 1.807) is 11.3 Å². The first kappa shape index (κ1) is 14.3. The second kappa shape index (κ2) is 6.89. The number of hydrogen-bond acceptors (Lipinski definition) is 5. The van der Waals surface area contributed by atoms with Gasteiger partial charge in [0.25, 0.3) is 0 Å². The maximum atomic E-state index is 11.2. The Morgan fingerprint density at radius 2 is 2.32 bits per heavy atom. The van der Waals surface area contributed by atoms with Gasteiger partial charge in [0.05, 0.1) is 19.2 Å². The standard InChI is InChI=1S/C14H22N2O2S/c1-10-5-3-4-6-11(10)8-15-14-16-12(9-19-14)7-13(17)18-2/h9-11H,3-8H2,1-2H3,(H,15,16). The van der Waals surface area contributed by atoms with Crippen LogP contribution in [0.15, 0.2) is 5.38 Å². The molecule has 1 saturated carbocycles. The summed E-state index contributed by atoms with van der Waals surface area (Å²) in [5.74, 6) is 1.32. The van der Waals surface area contributed by atoms with Gasteiger partial charge in [-0.05, 0) is 18.3 Å². The zero-order valence-electron chi connectivity index (χ0n) is 11.6. The lowest BCUT2D eigenvalue weighted by atomic mass is 9.80. The van der Waals surface area contributed by atoms with Gasteiger partial charge in [-0.1, -0.05) is 26.2 Å². The number of thiazole rings is 1. The number of anilines is 1. The van der Waals surface area contributed by atoms with Crippen LogP contribution in [0.2, 0.25) is 0 Å². The molecule has 0 spiro atoms. The Morgan fingerprint density at radius 3 is 3.05 bits per heavy atom. The van der Waals surface area contributed by atoms with E-state index in [1.165, 1.54) is 32.8 Å². The van der Waals surface area contributed by atoms with Crippen LogP contribution in [0.1, 0.15) is 38.3 Å². The summed E-state index contributed by atoms with van der Waals surface area (Å²) in [4.78, 5) is 15.6. The van der Waals surface area contributed by atoms with Crippen LogP contribution >= 0.6 is 11.3 Å². The first-order valence-corrected chi connectivity index (χ1v) is 7.82. The Labute approximate surface area is 118 Å². The number of carbonyl (C=O) groups excluding carboxylic acids is 1. The number of methoxy groups -OCH3 is 1. The van der Waals surface area contributed by atoms with Crippen LogP contribution in [0.4, 0.5) is 5.13 Å². The third kappa shape index (κ3) is 4.20. The highest BCUT2D eigenvalue weighted by Gasteiger charge is 2.21. The molecule has 1 N–H and O–H groups in total. The number of hydrogen-bond donors (Lipinski definition) is 1. The molecule has 4 nitrogen and oxygen atoms in total. The van der Waals surface area contributed by atoms with E-state index in [0.29, 0.717) is 0 Å². The van der Waals surface area contributed by atoms with Gasteiger partial charge in [-0.15, -0.1) is 11.3 Å². The molecule has 19 heavy (non-hydrogen) atoms. The third-order valence-corrected chi connectivity index (χ3v) is 4.76. The summed E-state index contributed by atoms with van der Waals surface area (Å²) in [5, 5.41) is 6.25. The molecule has 1 fully saturated rings. The molecule has 0 bridgehead atoms. The SMILES string of the molecule is COC(=O)Cc1csc(NCC2CCCCC2C)n1. The maximum Gasteiger partial charge on any atom is 0.311 e. The molecule has 1 heterocycles. The molecule has 0 radical (unpaired) electrons. The van der Waals surface area contributed by atoms with Gasteiger partial charge in [0, 0.05) is 11.9 Å². The molecule has 1 aliphatic rings. The molecule has 1 aromatic heterocycles. The molecule has 2 rings (SSSR count). The highest BCUT2D eigenvalue weighted by Crippen LogP contribution is 2.30. The number of esters is 1. The number of carbonyl (C=O) groups is 1. The summed E-state index contributed by atoms with van der Waals surface area (Å²) >= 11 is 1.56. The van der Waals surface area contributed by atoms with Crippen LogP contribution in [-0.4, -0.2) is 24.6 Å². The topological polar surface area (TPSA) is 51.2 Å². The third-order valence-electron chi connectivity index (χ3n) is 3.91. The molecular weight excluding hydrogens is 260 g/mol. The van der Waals surface area contributed by atoms with Gasteiger partial charge >= 0.3 is 5.97 Å². The Kier molecular flexibility index (Phi) is 5.19. The summed E-state index contributed by atoms with van der Waals surface area (Å²) in [6.45, 7) is 3.34. The molecular formula is C14H22N2O2S. The number of aromatic nitrogens is 1. The van der Waals surface area contributed by atoms with Crippen molar-refractivity contribution >= 4 is 22.4 Å². The minimum absolute atomic E-state index is 0.238. The molecule has 0 aliphatic heterocycles. The molecule has 0 saturated heterocycles. The highest BCUT2D eigenvalue weighted by molar-refractivity contribution is 7.13. The smallest absolute Gasteiger partial charge is 0.311 e. The van der Waals surface area contributed by atoms with Crippen LogP contribution < -0.4 is 5.32 Å². The fourth-order valence-corrected chi connectivity index (χ4v) is 3.32. The van der Waals surface area contributed by atoms with Gasteiger partial charge in [-0.3, -0.25) is 4.79 Å². The van der Waals surface area contributed by atoms with Crippen LogP contribution in [-0.2, 0) is 16.0 Å². The van der Waals surface area contributed by atoms with Crippen molar-refractivity contribution in [3.05, 3.63) is 11.1 Å². The summed E-state index contributed by atoms with van der Waals surface area (Å²) < 4.78 is 4.64. The first-order chi connectivity index (χ1) is 9.19. The number of ether oxygens (including phenoxy) is 1. The Morgan fingerprint density at radius 1 is 1.53 bits per heavy atom. The molecule has 2 unspecified atom stereocenters. The predicted molar refractivity (Wildman–Crippen MR) is 77.4 cm³/mol. The van der Waals surface area contributed by atoms with E-state index in [2.05, 4.69) is 22.0 Å². The van der Waals surface area contributed by atoms with Crippen molar-refractivity contribution in [1.82, 2.24) is 4.98 Å². The average Bonchev–Trinajstić information content (AvgIpc) is 2.85. The number of nitrogens with one attached hydrogen (secondary N) is 1. The minimum atomic E-state index is -0.238. The van der Waals surface area contributed by atoms with E-state index in [9.17, 15) is 4.79 Å². The van der Waals surface area contributed by atoms with Crippen LogP contribution in [0.3, 0.4) is 0 Å². The summed E-state index contributed by atoms with van der Waals surface area (Å²) in [6, 6.07) is 0. The molecule has 1 aliphatic carbocycles. The summed E-state index contributed by atoms with van der Waals surface area (Å²) in [7, 11) is 1.40. The van der Waals surface area contributed by atoms with Crippen molar-refractivity contribution in [1.29, 1.82) is 0 Å². The highest BCUT2D eigenvalue weighted by atomic mass is 32.1. The van der Waals surface area contributed by atoms with Crippen molar-refractivity contribution in [3.63, 3.8) is 0 Å². The van der Waals surface area contributed by atoms with E-state index < -0.39 is 0 Å². The fourth-order valence-electron chi connectivity index (χ4n) is 2.60. The van der Waals surface area contributed by atoms with Crippen molar-refractivity contribution < 1.29 is 9.53 Å². The van der Waals surface area contributed by atoms with E-state index in [-0.39, 0.29) is 12.4 Å². The lowest BCUT2D eigenvalue weighted by molar-refractivity contribution is -0.139. The summed E-state index contributed by atoms with van der Waals surface area (Å²) in [6.07, 6.45) is 5.64. The monoisotopic (exact) mass is 282 g/mol. The van der Waals surface area contributed by atoms with E-state index in [4.69, 9.17) is 0 Å². The quantitative estimate of drug-likeness (QED) is 0.843. The Hall–Kier alpha value is -1.10. The number of rotatable bonds is 5. The molecule has 5 heteroatoms. The predicted octanol–water partition coefficient (Wildman–Crippen LogP) is 3.10. The summed E-state index contributed by atoms with van der Waals surface area (Å²) in [5.41, 5.74) is 0.788. The van der Waals surface area contributed by atoms with Crippen LogP contribution in [0, 0.1) is 11.8 Å². The van der Waals surface area contributed by atoms with Gasteiger partial charge in [0.1, 0.15) is 0 Å². The molecule has 0 amide bonds. The Bertz CT molecular complexity index is 419. The maximum absolute atomic E-state index is 11.2. The fraction of sp³-hybridized carbons (Fsp3) is 0.714. The van der Waals surface area contributed by atoms with Gasteiger partial charge < -0.3 is 10.1 Å². The zero-order chi connectivity index (χ0) is 13.7. The molecule has 2 atom stereocenters. The lowest BCUT2D eigenvalue weighted by Gasteiger charge is -2.28. The normalized spacial score (nSPS) is 23.1. The van der Waals surface area contributed by atoms with E-state index >= 15 is 0 Å². The van der Waals surface area contributed by atoms with E-state index in [1.807, 2.05) is 5.38 Å². The largest absolute Gasteiger partial charge is 0.469 e. The second-order valence-electron chi connectivity index (χ2n) is 5.30. The van der Waals surface area contributed by atoms with Gasteiger partial charge in [0.15, 0.2) is 5.13 Å². The van der Waals surface area contributed by atoms with Crippen molar-refractivity contribution in [2.24, 2.45) is 11.8 Å². The van der Waals surface area contributed by atoms with Crippen molar-refractivity contribution in [3.8, 4) is 0 Å². The second-order valence-corrected chi connectivity index (χ2v) is 6.16.